The molecule has 8 nitrogen and oxygen atoms in total. The Kier molecular flexibility index (Phi) is 7.73. The fraction of sp³-hybridized carbons (Fsp3) is 0.281. The van der Waals surface area contributed by atoms with Crippen LogP contribution >= 0.6 is 0 Å². The predicted octanol–water partition coefficient (Wildman–Crippen LogP) is 5.38. The lowest BCUT2D eigenvalue weighted by Gasteiger charge is -2.26. The summed E-state index contributed by atoms with van der Waals surface area (Å²) in [6.07, 6.45) is 0. The van der Waals surface area contributed by atoms with Crippen LogP contribution in [0, 0.1) is 0 Å². The predicted molar refractivity (Wildman–Crippen MR) is 154 cm³/mol. The number of aromatic carboxylic acids is 1. The number of methoxy groups -OCH3 is 1. The van der Waals surface area contributed by atoms with Gasteiger partial charge in [-0.3, -0.25) is 9.59 Å². The molecule has 40 heavy (non-hydrogen) atoms. The smallest absolute Gasteiger partial charge is 0.335 e. The first kappa shape index (κ1) is 28.4. The number of aliphatic hydroxyl groups is 1. The fourth-order valence-corrected chi connectivity index (χ4v) is 4.89. The highest BCUT2D eigenvalue weighted by atomic mass is 16.5. The monoisotopic (exact) mass is 542 g/mol. The lowest BCUT2D eigenvalue weighted by atomic mass is 9.84. The second-order valence-electron chi connectivity index (χ2n) is 11.1. The first-order chi connectivity index (χ1) is 18.8. The molecule has 1 fully saturated rings. The van der Waals surface area contributed by atoms with Crippen LogP contribution in [0.4, 0.5) is 5.69 Å². The Balaban J connectivity index is 1.87. The van der Waals surface area contributed by atoms with Gasteiger partial charge in [0.1, 0.15) is 11.5 Å². The Bertz CT molecular complexity index is 1480. The number of benzene rings is 3. The number of aliphatic hydroxyl groups excluding tert-OH is 1. The number of ketones is 1. The minimum absolute atomic E-state index is 0.00483. The van der Waals surface area contributed by atoms with Gasteiger partial charge in [0.2, 0.25) is 0 Å². The van der Waals surface area contributed by atoms with E-state index < -0.39 is 23.7 Å². The molecule has 0 spiro atoms. The number of nitrogens with zero attached hydrogens (tertiary/aromatic N) is 2. The number of hydrogen-bond acceptors (Lipinski definition) is 6. The summed E-state index contributed by atoms with van der Waals surface area (Å²) >= 11 is 0. The first-order valence-electron chi connectivity index (χ1n) is 12.9. The number of anilines is 1. The van der Waals surface area contributed by atoms with Crippen LogP contribution in [0.2, 0.25) is 0 Å². The lowest BCUT2D eigenvalue weighted by molar-refractivity contribution is -0.140. The Morgan fingerprint density at radius 3 is 2.05 bits per heavy atom. The number of Topliss-reactive ketones (excluding diaryl/α,β-unsaturated/α-hetero) is 1. The van der Waals surface area contributed by atoms with Crippen LogP contribution in [0.3, 0.4) is 0 Å². The third-order valence-corrected chi connectivity index (χ3v) is 7.10. The van der Waals surface area contributed by atoms with Crippen molar-refractivity contribution in [1.82, 2.24) is 4.90 Å². The highest BCUT2D eigenvalue weighted by molar-refractivity contribution is 6.46. The zero-order valence-electron chi connectivity index (χ0n) is 23.6. The molecular formula is C32H34N2O6. The SMILES string of the molecule is COc1ccc(/C(O)=C2/C(=O)C(=O)N(Cc3ccc(C(=O)O)cc3)C2c2ccc(N(C)C)cc2)cc1C(C)(C)C. The molecule has 4 rings (SSSR count). The second kappa shape index (κ2) is 10.9. The van der Waals surface area contributed by atoms with Crippen molar-refractivity contribution in [3.8, 4) is 5.75 Å². The standard InChI is InChI=1S/C32H34N2O6/c1-32(2,3)24-17-22(13-16-25(24)40-6)28(35)26-27(20-11-14-23(15-12-20)33(4)5)34(30(37)29(26)36)18-19-7-9-21(10-8-19)31(38)39/h7-17,27,35H,18H2,1-6H3,(H,38,39)/b28-26-. The van der Waals surface area contributed by atoms with E-state index in [0.29, 0.717) is 22.4 Å². The van der Waals surface area contributed by atoms with E-state index in [4.69, 9.17) is 4.74 Å². The summed E-state index contributed by atoms with van der Waals surface area (Å²) in [5, 5.41) is 20.8. The average Bonchev–Trinajstić information content (AvgIpc) is 3.17. The molecule has 1 saturated heterocycles. The van der Waals surface area contributed by atoms with Gasteiger partial charge in [0.15, 0.2) is 0 Å². The van der Waals surface area contributed by atoms with E-state index in [9.17, 15) is 24.6 Å². The maximum Gasteiger partial charge on any atom is 0.335 e. The minimum Gasteiger partial charge on any atom is -0.507 e. The summed E-state index contributed by atoms with van der Waals surface area (Å²) in [5.41, 5.74) is 3.32. The molecule has 1 aliphatic rings. The van der Waals surface area contributed by atoms with E-state index >= 15 is 0 Å². The summed E-state index contributed by atoms with van der Waals surface area (Å²) in [6.45, 7) is 6.12. The molecule has 3 aromatic rings. The number of likely N-dealkylation sites (tertiary alicyclic amines) is 1. The van der Waals surface area contributed by atoms with Crippen LogP contribution in [0.15, 0.2) is 72.3 Å². The molecule has 1 aliphatic heterocycles. The number of ether oxygens (including phenoxy) is 1. The van der Waals surface area contributed by atoms with Crippen molar-refractivity contribution in [2.24, 2.45) is 0 Å². The number of carboxylic acid groups (broad SMARTS) is 1. The van der Waals surface area contributed by atoms with Crippen molar-refractivity contribution in [1.29, 1.82) is 0 Å². The maximum atomic E-state index is 13.5. The highest BCUT2D eigenvalue weighted by Gasteiger charge is 2.46. The van der Waals surface area contributed by atoms with Crippen LogP contribution in [0.1, 0.15) is 59.4 Å². The van der Waals surface area contributed by atoms with Gasteiger partial charge in [0.25, 0.3) is 11.7 Å². The van der Waals surface area contributed by atoms with Gasteiger partial charge in [-0.25, -0.2) is 4.79 Å². The lowest BCUT2D eigenvalue weighted by Crippen LogP contribution is -2.29. The molecule has 2 N–H and O–H groups in total. The second-order valence-corrected chi connectivity index (χ2v) is 11.1. The van der Waals surface area contributed by atoms with E-state index in [2.05, 4.69) is 0 Å². The number of carbonyl (C=O) groups excluding carboxylic acids is 2. The summed E-state index contributed by atoms with van der Waals surface area (Å²) < 4.78 is 5.53. The van der Waals surface area contributed by atoms with Gasteiger partial charge in [0.05, 0.1) is 24.3 Å². The van der Waals surface area contributed by atoms with Gasteiger partial charge >= 0.3 is 5.97 Å². The zero-order chi connectivity index (χ0) is 29.4. The molecule has 0 aliphatic carbocycles. The Morgan fingerprint density at radius 1 is 0.925 bits per heavy atom. The molecule has 0 aromatic heterocycles. The molecule has 0 saturated carbocycles. The maximum absolute atomic E-state index is 13.5. The Hall–Kier alpha value is -4.59. The minimum atomic E-state index is -1.05. The average molecular weight is 543 g/mol. The molecule has 1 heterocycles. The number of rotatable bonds is 7. The van der Waals surface area contributed by atoms with Crippen molar-refractivity contribution in [3.05, 3.63) is 100 Å². The van der Waals surface area contributed by atoms with Crippen molar-refractivity contribution >= 4 is 29.1 Å². The van der Waals surface area contributed by atoms with Crippen molar-refractivity contribution in [2.45, 2.75) is 38.8 Å². The van der Waals surface area contributed by atoms with Crippen molar-refractivity contribution in [3.63, 3.8) is 0 Å². The van der Waals surface area contributed by atoms with E-state index in [1.807, 2.05) is 64.0 Å². The number of amides is 1. The molecular weight excluding hydrogens is 508 g/mol. The molecule has 8 heteroatoms. The summed E-state index contributed by atoms with van der Waals surface area (Å²) in [4.78, 5) is 41.6. The van der Waals surface area contributed by atoms with Crippen molar-refractivity contribution < 1.29 is 29.3 Å². The van der Waals surface area contributed by atoms with Crippen LogP contribution in [-0.4, -0.2) is 54.0 Å². The first-order valence-corrected chi connectivity index (χ1v) is 12.9. The Morgan fingerprint density at radius 2 is 1.52 bits per heavy atom. The normalized spacial score (nSPS) is 16.8. The fourth-order valence-electron chi connectivity index (χ4n) is 4.89. The summed E-state index contributed by atoms with van der Waals surface area (Å²) in [5.74, 6) is -2.19. The van der Waals surface area contributed by atoms with Gasteiger partial charge in [-0.05, 0) is 59.0 Å². The number of hydrogen-bond donors (Lipinski definition) is 2. The van der Waals surface area contributed by atoms with Crippen molar-refractivity contribution in [2.75, 3.05) is 26.1 Å². The largest absolute Gasteiger partial charge is 0.507 e. The zero-order valence-corrected chi connectivity index (χ0v) is 23.6. The van der Waals surface area contributed by atoms with Gasteiger partial charge in [-0.15, -0.1) is 0 Å². The van der Waals surface area contributed by atoms with Gasteiger partial charge < -0.3 is 24.7 Å². The molecule has 3 aromatic carbocycles. The molecule has 0 radical (unpaired) electrons. The Labute approximate surface area is 234 Å². The molecule has 1 unspecified atom stereocenters. The summed E-state index contributed by atoms with van der Waals surface area (Å²) in [6, 6.07) is 18.0. The quantitative estimate of drug-likeness (QED) is 0.235. The number of carbonyl (C=O) groups is 3. The van der Waals surface area contributed by atoms with E-state index in [1.165, 1.54) is 17.0 Å². The molecule has 0 bridgehead atoms. The van der Waals surface area contributed by atoms with E-state index in [1.54, 1.807) is 37.4 Å². The summed E-state index contributed by atoms with van der Waals surface area (Å²) in [7, 11) is 5.41. The highest BCUT2D eigenvalue weighted by Crippen LogP contribution is 2.42. The third kappa shape index (κ3) is 5.43. The molecule has 1 amide bonds. The molecule has 1 atom stereocenters. The number of carboxylic acids is 1. The van der Waals surface area contributed by atoms with Crippen LogP contribution < -0.4 is 9.64 Å². The van der Waals surface area contributed by atoms with Gasteiger partial charge in [0, 0.05) is 37.5 Å². The van der Waals surface area contributed by atoms with Crippen LogP contribution in [0.5, 0.6) is 5.75 Å². The van der Waals surface area contributed by atoms with Gasteiger partial charge in [-0.2, -0.15) is 0 Å². The van der Waals surface area contributed by atoms with Crippen LogP contribution in [0.25, 0.3) is 5.76 Å². The topological polar surface area (TPSA) is 107 Å². The molecule has 208 valence electrons. The van der Waals surface area contributed by atoms with E-state index in [-0.39, 0.29) is 28.9 Å². The van der Waals surface area contributed by atoms with Gasteiger partial charge in [-0.1, -0.05) is 45.0 Å². The van der Waals surface area contributed by atoms with Crippen LogP contribution in [-0.2, 0) is 21.5 Å². The third-order valence-electron chi connectivity index (χ3n) is 7.10. The van der Waals surface area contributed by atoms with E-state index in [0.717, 1.165) is 11.3 Å².